The highest BCUT2D eigenvalue weighted by molar-refractivity contribution is 7.98. The maximum absolute atomic E-state index is 4.83. The Morgan fingerprint density at radius 1 is 0.654 bits per heavy atom. The van der Waals surface area contributed by atoms with Crippen LogP contribution in [-0.2, 0) is 0 Å². The van der Waals surface area contributed by atoms with Crippen molar-refractivity contribution in [2.24, 2.45) is 0 Å². The summed E-state index contributed by atoms with van der Waals surface area (Å²) in [5.74, 6) is 0. The molecule has 0 saturated heterocycles. The summed E-state index contributed by atoms with van der Waals surface area (Å²) < 4.78 is 0. The third-order valence-corrected chi connectivity index (χ3v) is 5.33. The summed E-state index contributed by atoms with van der Waals surface area (Å²) in [6.45, 7) is 0. The van der Waals surface area contributed by atoms with Crippen LogP contribution in [0.15, 0.2) is 84.0 Å². The van der Waals surface area contributed by atoms with E-state index in [4.69, 9.17) is 4.98 Å². The van der Waals surface area contributed by atoms with Crippen LogP contribution < -0.4 is 0 Å². The van der Waals surface area contributed by atoms with Gasteiger partial charge in [-0.25, -0.2) is 9.97 Å². The van der Waals surface area contributed by atoms with E-state index < -0.39 is 0 Å². The van der Waals surface area contributed by atoms with Crippen LogP contribution in [-0.4, -0.2) is 16.2 Å². The number of thioether (sulfide) groups is 1. The van der Waals surface area contributed by atoms with E-state index in [-0.39, 0.29) is 0 Å². The minimum Gasteiger partial charge on any atom is -0.222 e. The first-order chi connectivity index (χ1) is 12.8. The first-order valence-corrected chi connectivity index (χ1v) is 9.78. The monoisotopic (exact) mass is 352 g/mol. The summed E-state index contributed by atoms with van der Waals surface area (Å²) >= 11 is 1.58. The summed E-state index contributed by atoms with van der Waals surface area (Å²) in [4.78, 5) is 9.47. The lowest BCUT2D eigenvalue weighted by Crippen LogP contribution is -1.93. The third-order valence-electron chi connectivity index (χ3n) is 4.79. The van der Waals surface area contributed by atoms with Gasteiger partial charge < -0.3 is 0 Å². The number of nitrogens with zero attached hydrogens (tertiary/aromatic N) is 2. The highest BCUT2D eigenvalue weighted by atomic mass is 32.2. The van der Waals surface area contributed by atoms with Gasteiger partial charge >= 0.3 is 0 Å². The molecule has 0 fully saturated rings. The molecule has 5 rings (SSSR count). The van der Waals surface area contributed by atoms with E-state index in [0.29, 0.717) is 0 Å². The molecule has 1 heterocycles. The van der Waals surface area contributed by atoms with Gasteiger partial charge in [0, 0.05) is 10.9 Å². The molecule has 0 bridgehead atoms. The molecular formula is C23H16N2S. The second-order valence-electron chi connectivity index (χ2n) is 6.30. The number of para-hydroxylation sites is 1. The van der Waals surface area contributed by atoms with Gasteiger partial charge in [0.05, 0.1) is 11.2 Å². The van der Waals surface area contributed by atoms with Gasteiger partial charge in [0.1, 0.15) is 0 Å². The van der Waals surface area contributed by atoms with Gasteiger partial charge in [0.2, 0.25) is 0 Å². The molecule has 0 unspecified atom stereocenters. The first kappa shape index (κ1) is 15.4. The zero-order valence-corrected chi connectivity index (χ0v) is 15.1. The van der Waals surface area contributed by atoms with Crippen LogP contribution in [0.1, 0.15) is 0 Å². The summed E-state index contributed by atoms with van der Waals surface area (Å²) in [5, 5.41) is 6.93. The van der Waals surface area contributed by atoms with Crippen LogP contribution in [0.2, 0.25) is 0 Å². The van der Waals surface area contributed by atoms with E-state index in [2.05, 4.69) is 71.7 Å². The molecular weight excluding hydrogens is 336 g/mol. The van der Waals surface area contributed by atoms with Crippen molar-refractivity contribution in [3.05, 3.63) is 78.9 Å². The Labute approximate surface area is 155 Å². The Kier molecular flexibility index (Phi) is 3.61. The van der Waals surface area contributed by atoms with Crippen molar-refractivity contribution < 1.29 is 0 Å². The fourth-order valence-electron chi connectivity index (χ4n) is 3.52. The zero-order chi connectivity index (χ0) is 17.5. The molecule has 0 spiro atoms. The summed E-state index contributed by atoms with van der Waals surface area (Å²) in [7, 11) is 0. The van der Waals surface area contributed by atoms with Crippen LogP contribution in [0.5, 0.6) is 0 Å². The highest BCUT2D eigenvalue weighted by Crippen LogP contribution is 2.33. The Morgan fingerprint density at radius 3 is 2.19 bits per heavy atom. The van der Waals surface area contributed by atoms with Gasteiger partial charge in [-0.2, -0.15) is 0 Å². The van der Waals surface area contributed by atoms with E-state index in [1.807, 2.05) is 18.4 Å². The Hall–Kier alpha value is -2.91. The molecule has 26 heavy (non-hydrogen) atoms. The lowest BCUT2D eigenvalue weighted by Gasteiger charge is -2.10. The fraction of sp³-hybridized carbons (Fsp3) is 0.0435. The van der Waals surface area contributed by atoms with Gasteiger partial charge in [-0.1, -0.05) is 78.5 Å². The van der Waals surface area contributed by atoms with Crippen LogP contribution >= 0.6 is 11.8 Å². The molecule has 0 radical (unpaired) electrons. The minimum atomic E-state index is 0.803. The molecule has 0 N–H and O–H groups in total. The maximum atomic E-state index is 4.83. The second-order valence-corrected chi connectivity index (χ2v) is 7.07. The average Bonchev–Trinajstić information content (AvgIpc) is 2.72. The number of hydrogen-bond acceptors (Lipinski definition) is 3. The molecule has 0 aliphatic heterocycles. The topological polar surface area (TPSA) is 25.8 Å². The normalized spacial score (nSPS) is 11.4. The summed E-state index contributed by atoms with van der Waals surface area (Å²) in [6, 6.07) is 27.7. The largest absolute Gasteiger partial charge is 0.222 e. The molecule has 0 saturated carbocycles. The molecule has 124 valence electrons. The van der Waals surface area contributed by atoms with E-state index >= 15 is 0 Å². The molecule has 4 aromatic carbocycles. The first-order valence-electron chi connectivity index (χ1n) is 8.56. The van der Waals surface area contributed by atoms with Crippen molar-refractivity contribution in [1.82, 2.24) is 9.97 Å². The SMILES string of the molecule is CSc1nc(-c2ccc3ccc4ccccc4c3c2)c2ccccc2n1. The molecule has 0 aliphatic carbocycles. The van der Waals surface area contributed by atoms with Crippen LogP contribution in [0.4, 0.5) is 0 Å². The molecule has 0 atom stereocenters. The number of fused-ring (bicyclic) bond motifs is 4. The predicted octanol–water partition coefficient (Wildman–Crippen LogP) is 6.33. The van der Waals surface area contributed by atoms with Gasteiger partial charge in [-0.05, 0) is 39.9 Å². The van der Waals surface area contributed by atoms with Crippen molar-refractivity contribution in [1.29, 1.82) is 0 Å². The highest BCUT2D eigenvalue weighted by Gasteiger charge is 2.10. The maximum Gasteiger partial charge on any atom is 0.188 e. The number of aromatic nitrogens is 2. The van der Waals surface area contributed by atoms with Crippen LogP contribution in [0.25, 0.3) is 43.7 Å². The lowest BCUT2D eigenvalue weighted by atomic mass is 9.98. The lowest BCUT2D eigenvalue weighted by molar-refractivity contribution is 1.01. The van der Waals surface area contributed by atoms with Crippen LogP contribution in [0.3, 0.4) is 0 Å². The third kappa shape index (κ3) is 2.44. The molecule has 0 amide bonds. The Morgan fingerprint density at radius 2 is 1.35 bits per heavy atom. The number of benzene rings is 4. The van der Waals surface area contributed by atoms with E-state index in [9.17, 15) is 0 Å². The van der Waals surface area contributed by atoms with Gasteiger partial charge in [-0.15, -0.1) is 0 Å². The van der Waals surface area contributed by atoms with Crippen molar-refractivity contribution in [2.75, 3.05) is 6.26 Å². The van der Waals surface area contributed by atoms with E-state index in [1.54, 1.807) is 11.8 Å². The molecule has 1 aromatic heterocycles. The van der Waals surface area contributed by atoms with Crippen molar-refractivity contribution in [3.63, 3.8) is 0 Å². The van der Waals surface area contributed by atoms with Crippen molar-refractivity contribution >= 4 is 44.2 Å². The molecule has 2 nitrogen and oxygen atoms in total. The Balaban J connectivity index is 1.84. The van der Waals surface area contributed by atoms with Gasteiger partial charge in [0.25, 0.3) is 0 Å². The van der Waals surface area contributed by atoms with Gasteiger partial charge in [-0.3, -0.25) is 0 Å². The smallest absolute Gasteiger partial charge is 0.188 e. The van der Waals surface area contributed by atoms with Gasteiger partial charge in [0.15, 0.2) is 5.16 Å². The Bertz CT molecular complexity index is 1280. The van der Waals surface area contributed by atoms with Crippen molar-refractivity contribution in [2.45, 2.75) is 5.16 Å². The molecule has 3 heteroatoms. The molecule has 5 aromatic rings. The average molecular weight is 352 g/mol. The second kappa shape index (κ2) is 6.11. The van der Waals surface area contributed by atoms with E-state index in [1.165, 1.54) is 21.5 Å². The minimum absolute atomic E-state index is 0.803. The zero-order valence-electron chi connectivity index (χ0n) is 14.3. The van der Waals surface area contributed by atoms with Crippen molar-refractivity contribution in [3.8, 4) is 11.3 Å². The summed E-state index contributed by atoms with van der Waals surface area (Å²) in [6.07, 6.45) is 2.02. The molecule has 0 aliphatic rings. The van der Waals surface area contributed by atoms with Crippen LogP contribution in [0, 0.1) is 0 Å². The standard InChI is InChI=1S/C23H16N2S/c1-26-23-24-21-9-5-4-8-19(21)22(25-23)17-13-12-16-11-10-15-6-2-3-7-18(15)20(16)14-17/h2-14H,1H3. The van der Waals surface area contributed by atoms with E-state index in [0.717, 1.165) is 27.3 Å². The number of rotatable bonds is 2. The quantitative estimate of drug-likeness (QED) is 0.211. The number of hydrogen-bond donors (Lipinski definition) is 0. The predicted molar refractivity (Wildman–Crippen MR) is 112 cm³/mol. The summed E-state index contributed by atoms with van der Waals surface area (Å²) in [5.41, 5.74) is 3.11. The fourth-order valence-corrected chi connectivity index (χ4v) is 3.89.